The molecule has 2 aliphatic rings. The topological polar surface area (TPSA) is 18.5 Å². The van der Waals surface area contributed by atoms with Crippen LogP contribution in [0.15, 0.2) is 115 Å². The Kier molecular flexibility index (Phi) is 4.25. The van der Waals surface area contributed by atoms with Crippen molar-refractivity contribution in [2.45, 2.75) is 0 Å². The Labute approximate surface area is 204 Å². The van der Waals surface area contributed by atoms with Crippen LogP contribution in [0.5, 0.6) is 23.0 Å². The molecular weight excluding hydrogens is 456 g/mol. The van der Waals surface area contributed by atoms with Gasteiger partial charge in [-0.2, -0.15) is 0 Å². The van der Waals surface area contributed by atoms with Crippen LogP contribution in [0.2, 0.25) is 5.02 Å². The number of fused-ring (bicyclic) bond motifs is 6. The number of benzene rings is 5. The second kappa shape index (κ2) is 7.36. The molecule has 0 aromatic heterocycles. The molecule has 0 amide bonds. The minimum atomic E-state index is -2.59. The van der Waals surface area contributed by atoms with Gasteiger partial charge in [-0.25, -0.2) is 0 Å². The lowest BCUT2D eigenvalue weighted by Gasteiger charge is -2.31. The summed E-state index contributed by atoms with van der Waals surface area (Å²) in [6.07, 6.45) is 0. The van der Waals surface area contributed by atoms with Gasteiger partial charge in [0.2, 0.25) is 0 Å². The highest BCUT2D eigenvalue weighted by Crippen LogP contribution is 2.50. The molecule has 4 heteroatoms. The molecule has 0 aliphatic carbocycles. The third-order valence-electron chi connectivity index (χ3n) is 6.89. The third-order valence-corrected chi connectivity index (χ3v) is 12.0. The first-order chi connectivity index (χ1) is 16.8. The van der Waals surface area contributed by atoms with Crippen molar-refractivity contribution in [3.63, 3.8) is 0 Å². The van der Waals surface area contributed by atoms with E-state index in [0.29, 0.717) is 0 Å². The molecule has 1 unspecified atom stereocenters. The Morgan fingerprint density at radius 3 is 1.94 bits per heavy atom. The molecule has 7 rings (SSSR count). The summed E-state index contributed by atoms with van der Waals surface area (Å²) in [6, 6.07) is 40.2. The first-order valence-corrected chi connectivity index (χ1v) is 13.7. The molecule has 1 atom stereocenters. The maximum atomic E-state index is 6.54. The summed E-state index contributed by atoms with van der Waals surface area (Å²) in [5.74, 6) is 3.03. The summed E-state index contributed by atoms with van der Waals surface area (Å²) in [5.41, 5.74) is 2.34. The van der Waals surface area contributed by atoms with Crippen LogP contribution < -0.4 is 30.2 Å². The molecule has 2 aliphatic heterocycles. The fraction of sp³-hybridized carbons (Fsp3) is 0. The average molecular weight is 475 g/mol. The van der Waals surface area contributed by atoms with Gasteiger partial charge in [-0.1, -0.05) is 96.5 Å². The molecule has 0 radical (unpaired) electrons. The van der Waals surface area contributed by atoms with Crippen LogP contribution in [0.1, 0.15) is 0 Å². The quantitative estimate of drug-likeness (QED) is 0.304. The maximum absolute atomic E-state index is 6.54. The van der Waals surface area contributed by atoms with E-state index in [0.717, 1.165) is 33.6 Å². The summed E-state index contributed by atoms with van der Waals surface area (Å²) in [4.78, 5) is 0. The number of rotatable bonds is 2. The van der Waals surface area contributed by atoms with Gasteiger partial charge in [0.25, 0.3) is 0 Å². The number of ether oxygens (including phenoxy) is 2. The molecule has 0 spiro atoms. The Hall–Kier alpha value is -3.79. The van der Waals surface area contributed by atoms with Gasteiger partial charge in [0.05, 0.1) is 0 Å². The highest BCUT2D eigenvalue weighted by molar-refractivity contribution is 7.22. The minimum absolute atomic E-state index is 0.741. The third kappa shape index (κ3) is 2.62. The van der Waals surface area contributed by atoms with Crippen LogP contribution in [-0.4, -0.2) is 8.07 Å². The normalized spacial score (nSPS) is 17.0. The Balaban J connectivity index is 1.59. The maximum Gasteiger partial charge on any atom is 0.181 e. The zero-order chi connectivity index (χ0) is 22.7. The molecular formula is C30H19ClO2Si. The monoisotopic (exact) mass is 474 g/mol. The number of hydrogen-bond donors (Lipinski definition) is 0. The van der Waals surface area contributed by atoms with Gasteiger partial charge in [-0.05, 0) is 56.6 Å². The van der Waals surface area contributed by atoms with Gasteiger partial charge in [0, 0.05) is 10.6 Å². The average Bonchev–Trinajstić information content (AvgIpc) is 3.20. The van der Waals surface area contributed by atoms with Crippen molar-refractivity contribution in [1.29, 1.82) is 0 Å². The van der Waals surface area contributed by atoms with E-state index in [9.17, 15) is 0 Å². The van der Waals surface area contributed by atoms with Crippen LogP contribution in [0, 0.1) is 0 Å². The van der Waals surface area contributed by atoms with Crippen LogP contribution in [0.4, 0.5) is 0 Å². The van der Waals surface area contributed by atoms with Crippen LogP contribution in [-0.2, 0) is 0 Å². The zero-order valence-corrected chi connectivity index (χ0v) is 19.9. The Morgan fingerprint density at radius 1 is 0.500 bits per heavy atom. The van der Waals surface area contributed by atoms with Crippen molar-refractivity contribution in [2.75, 3.05) is 0 Å². The minimum Gasteiger partial charge on any atom is -0.449 e. The van der Waals surface area contributed by atoms with Crippen molar-refractivity contribution < 1.29 is 9.47 Å². The molecule has 2 nitrogen and oxygen atoms in total. The standard InChI is InChI=1S/C30H19ClO2Si/c31-20-14-16-22(17-15-20)34(21-8-2-1-3-9-21)27-13-7-4-10-23(27)29-28(34)19-18-26-30(29)33-25-12-6-5-11-24(25)32-26/h1-19H. The van der Waals surface area contributed by atoms with Crippen molar-refractivity contribution in [3.8, 4) is 34.1 Å². The van der Waals surface area contributed by atoms with Crippen LogP contribution in [0.25, 0.3) is 11.1 Å². The van der Waals surface area contributed by atoms with Crippen molar-refractivity contribution in [2.24, 2.45) is 0 Å². The van der Waals surface area contributed by atoms with E-state index in [-0.39, 0.29) is 0 Å². The van der Waals surface area contributed by atoms with Gasteiger partial charge in [-0.15, -0.1) is 0 Å². The predicted molar refractivity (Wildman–Crippen MR) is 141 cm³/mol. The number of para-hydroxylation sites is 2. The van der Waals surface area contributed by atoms with Gasteiger partial charge in [-0.3, -0.25) is 0 Å². The van der Waals surface area contributed by atoms with Gasteiger partial charge >= 0.3 is 0 Å². The molecule has 2 heterocycles. The van der Waals surface area contributed by atoms with Crippen molar-refractivity contribution in [3.05, 3.63) is 120 Å². The number of hydrogen-bond acceptors (Lipinski definition) is 2. The molecule has 0 fully saturated rings. The first-order valence-electron chi connectivity index (χ1n) is 11.3. The van der Waals surface area contributed by atoms with E-state index < -0.39 is 8.07 Å². The number of halogens is 1. The molecule has 5 aromatic rings. The lowest BCUT2D eigenvalue weighted by Crippen LogP contribution is -2.72. The second-order valence-corrected chi connectivity index (χ2v) is 12.8. The molecule has 0 saturated carbocycles. The van der Waals surface area contributed by atoms with Crippen LogP contribution in [0.3, 0.4) is 0 Å². The largest absolute Gasteiger partial charge is 0.449 e. The summed E-state index contributed by atoms with van der Waals surface area (Å²) < 4.78 is 12.8. The highest BCUT2D eigenvalue weighted by Gasteiger charge is 2.50. The molecule has 5 aromatic carbocycles. The van der Waals surface area contributed by atoms with Crippen molar-refractivity contribution in [1.82, 2.24) is 0 Å². The smallest absolute Gasteiger partial charge is 0.181 e. The Morgan fingerprint density at radius 2 is 1.15 bits per heavy atom. The van der Waals surface area contributed by atoms with Crippen molar-refractivity contribution >= 4 is 40.4 Å². The van der Waals surface area contributed by atoms with Gasteiger partial charge in [0.15, 0.2) is 31.1 Å². The van der Waals surface area contributed by atoms with E-state index in [2.05, 4.69) is 78.9 Å². The second-order valence-electron chi connectivity index (χ2n) is 8.63. The summed E-state index contributed by atoms with van der Waals surface area (Å²) >= 11 is 6.33. The fourth-order valence-electron chi connectivity index (χ4n) is 5.52. The zero-order valence-electron chi connectivity index (χ0n) is 18.2. The lowest BCUT2D eigenvalue weighted by atomic mass is 10.0. The molecule has 0 bridgehead atoms. The lowest BCUT2D eigenvalue weighted by molar-refractivity contribution is 0.361. The fourth-order valence-corrected chi connectivity index (χ4v) is 10.8. The van der Waals surface area contributed by atoms with Gasteiger partial charge < -0.3 is 9.47 Å². The molecule has 162 valence electrons. The van der Waals surface area contributed by atoms with E-state index in [1.165, 1.54) is 26.3 Å². The van der Waals surface area contributed by atoms with Crippen LogP contribution >= 0.6 is 11.6 Å². The SMILES string of the molecule is Clc1ccc([Si]2(c3ccccc3)c3ccccc3-c3c2ccc2c3Oc3ccccc3O2)cc1. The van der Waals surface area contributed by atoms with E-state index in [1.807, 2.05) is 36.4 Å². The summed E-state index contributed by atoms with van der Waals surface area (Å²) in [5, 5.41) is 6.04. The summed E-state index contributed by atoms with van der Waals surface area (Å²) in [7, 11) is -2.59. The predicted octanol–water partition coefficient (Wildman–Crippen LogP) is 5.60. The Bertz CT molecular complexity index is 1560. The molecule has 34 heavy (non-hydrogen) atoms. The molecule has 0 saturated heterocycles. The highest BCUT2D eigenvalue weighted by atomic mass is 35.5. The van der Waals surface area contributed by atoms with Gasteiger partial charge in [0.1, 0.15) is 0 Å². The van der Waals surface area contributed by atoms with E-state index in [1.54, 1.807) is 0 Å². The first kappa shape index (κ1) is 19.7. The van der Waals surface area contributed by atoms with E-state index in [4.69, 9.17) is 21.1 Å². The summed E-state index contributed by atoms with van der Waals surface area (Å²) in [6.45, 7) is 0. The molecule has 0 N–H and O–H groups in total. The van der Waals surface area contributed by atoms with E-state index >= 15 is 0 Å².